The Morgan fingerprint density at radius 1 is 1.44 bits per heavy atom. The molecule has 1 heterocycles. The predicted octanol–water partition coefficient (Wildman–Crippen LogP) is 2.72. The van der Waals surface area contributed by atoms with Gasteiger partial charge in [-0.25, -0.2) is 0 Å². The molecule has 0 aliphatic rings. The van der Waals surface area contributed by atoms with E-state index in [1.807, 2.05) is 12.1 Å². The Hall–Kier alpha value is -0.320. The molecule has 0 bridgehead atoms. The topological polar surface area (TPSA) is 28.4 Å². The number of nitrogens with one attached hydrogen (secondary N) is 1. The highest BCUT2D eigenvalue weighted by atomic mass is 79.9. The first-order valence-corrected chi connectivity index (χ1v) is 6.50. The summed E-state index contributed by atoms with van der Waals surface area (Å²) in [4.78, 5) is 2.25. The maximum Gasteiger partial charge on any atom is 0.169 e. The quantitative estimate of drug-likeness (QED) is 0.782. The molecule has 0 saturated heterocycles. The fourth-order valence-electron chi connectivity index (χ4n) is 1.44. The molecule has 1 aromatic rings. The van der Waals surface area contributed by atoms with E-state index in [4.69, 9.17) is 4.42 Å². The van der Waals surface area contributed by atoms with Crippen molar-refractivity contribution < 1.29 is 4.42 Å². The minimum absolute atomic E-state index is 0.714. The van der Waals surface area contributed by atoms with Gasteiger partial charge >= 0.3 is 0 Å². The van der Waals surface area contributed by atoms with E-state index in [2.05, 4.69) is 47.0 Å². The summed E-state index contributed by atoms with van der Waals surface area (Å²) in [6.07, 6.45) is 0. The van der Waals surface area contributed by atoms with Crippen molar-refractivity contribution in [2.24, 2.45) is 5.92 Å². The van der Waals surface area contributed by atoms with Crippen LogP contribution in [0.1, 0.15) is 19.6 Å². The third kappa shape index (κ3) is 5.68. The van der Waals surface area contributed by atoms with E-state index in [0.717, 1.165) is 36.6 Å². The number of rotatable bonds is 7. The van der Waals surface area contributed by atoms with Crippen molar-refractivity contribution in [2.75, 3.05) is 26.7 Å². The molecule has 4 heteroatoms. The lowest BCUT2D eigenvalue weighted by atomic mass is 10.2. The van der Waals surface area contributed by atoms with Crippen LogP contribution in [-0.4, -0.2) is 31.6 Å². The van der Waals surface area contributed by atoms with Crippen molar-refractivity contribution >= 4 is 15.9 Å². The lowest BCUT2D eigenvalue weighted by Gasteiger charge is -2.16. The summed E-state index contributed by atoms with van der Waals surface area (Å²) in [6.45, 7) is 8.44. The molecule has 0 aliphatic carbocycles. The molecule has 1 aromatic heterocycles. The Kier molecular flexibility index (Phi) is 6.09. The molecule has 0 aromatic carbocycles. The van der Waals surface area contributed by atoms with Gasteiger partial charge in [0.1, 0.15) is 5.76 Å². The van der Waals surface area contributed by atoms with Gasteiger partial charge in [0.2, 0.25) is 0 Å². The Morgan fingerprint density at radius 2 is 2.19 bits per heavy atom. The number of likely N-dealkylation sites (N-methyl/N-ethyl adjacent to an activating group) is 1. The largest absolute Gasteiger partial charge is 0.453 e. The fraction of sp³-hybridized carbons (Fsp3) is 0.667. The smallest absolute Gasteiger partial charge is 0.169 e. The summed E-state index contributed by atoms with van der Waals surface area (Å²) in [6, 6.07) is 3.93. The van der Waals surface area contributed by atoms with Gasteiger partial charge in [-0.15, -0.1) is 0 Å². The highest BCUT2D eigenvalue weighted by molar-refractivity contribution is 9.10. The molecule has 0 atom stereocenters. The molecule has 16 heavy (non-hydrogen) atoms. The van der Waals surface area contributed by atoms with E-state index in [9.17, 15) is 0 Å². The van der Waals surface area contributed by atoms with Gasteiger partial charge in [-0.1, -0.05) is 13.8 Å². The summed E-state index contributed by atoms with van der Waals surface area (Å²) in [5.74, 6) is 1.71. The van der Waals surface area contributed by atoms with E-state index in [1.165, 1.54) is 0 Å². The van der Waals surface area contributed by atoms with Crippen molar-refractivity contribution in [1.29, 1.82) is 0 Å². The molecular weight excluding hydrogens is 268 g/mol. The SMILES string of the molecule is CC(C)CNCCN(C)Cc1ccc(Br)o1. The van der Waals surface area contributed by atoms with Crippen molar-refractivity contribution in [3.63, 3.8) is 0 Å². The molecule has 0 radical (unpaired) electrons. The second kappa shape index (κ2) is 7.09. The highest BCUT2D eigenvalue weighted by Gasteiger charge is 2.04. The van der Waals surface area contributed by atoms with E-state index >= 15 is 0 Å². The zero-order valence-electron chi connectivity index (χ0n) is 10.3. The van der Waals surface area contributed by atoms with E-state index < -0.39 is 0 Å². The molecule has 0 fully saturated rings. The third-order valence-corrected chi connectivity index (χ3v) is 2.70. The maximum atomic E-state index is 5.45. The molecule has 0 amide bonds. The van der Waals surface area contributed by atoms with Gasteiger partial charge in [0, 0.05) is 13.1 Å². The maximum absolute atomic E-state index is 5.45. The molecule has 92 valence electrons. The number of halogens is 1. The van der Waals surface area contributed by atoms with E-state index in [0.29, 0.717) is 5.92 Å². The number of nitrogens with zero attached hydrogens (tertiary/aromatic N) is 1. The lowest BCUT2D eigenvalue weighted by molar-refractivity contribution is 0.290. The van der Waals surface area contributed by atoms with E-state index in [-0.39, 0.29) is 0 Å². The monoisotopic (exact) mass is 288 g/mol. The Balaban J connectivity index is 2.13. The molecule has 1 N–H and O–H groups in total. The van der Waals surface area contributed by atoms with Crippen LogP contribution in [0.4, 0.5) is 0 Å². The standard InChI is InChI=1S/C12H21BrN2O/c1-10(2)8-14-6-7-15(3)9-11-4-5-12(13)16-11/h4-5,10,14H,6-9H2,1-3H3. The molecule has 3 nitrogen and oxygen atoms in total. The van der Waals surface area contributed by atoms with Crippen LogP contribution in [0.25, 0.3) is 0 Å². The second-order valence-corrected chi connectivity index (χ2v) is 5.32. The fourth-order valence-corrected chi connectivity index (χ4v) is 1.78. The van der Waals surface area contributed by atoms with Crippen LogP contribution in [0.3, 0.4) is 0 Å². The van der Waals surface area contributed by atoms with Crippen molar-refractivity contribution in [3.05, 3.63) is 22.6 Å². The lowest BCUT2D eigenvalue weighted by Crippen LogP contribution is -2.30. The normalized spacial score (nSPS) is 11.6. The van der Waals surface area contributed by atoms with Crippen LogP contribution in [0, 0.1) is 5.92 Å². The predicted molar refractivity (Wildman–Crippen MR) is 70.4 cm³/mol. The van der Waals surface area contributed by atoms with Crippen LogP contribution in [0.15, 0.2) is 21.2 Å². The van der Waals surface area contributed by atoms with Crippen LogP contribution in [-0.2, 0) is 6.54 Å². The summed E-state index contributed by atoms with van der Waals surface area (Å²) in [5, 5.41) is 3.43. The third-order valence-electron chi connectivity index (χ3n) is 2.28. The van der Waals surface area contributed by atoms with Gasteiger partial charge < -0.3 is 9.73 Å². The summed E-state index contributed by atoms with van der Waals surface area (Å²) >= 11 is 3.30. The zero-order chi connectivity index (χ0) is 12.0. The molecule has 0 unspecified atom stereocenters. The first-order valence-electron chi connectivity index (χ1n) is 5.71. The average molecular weight is 289 g/mol. The first kappa shape index (κ1) is 13.7. The Labute approximate surface area is 106 Å². The van der Waals surface area contributed by atoms with Crippen LogP contribution < -0.4 is 5.32 Å². The first-order chi connectivity index (χ1) is 7.58. The van der Waals surface area contributed by atoms with Crippen LogP contribution in [0.2, 0.25) is 0 Å². The summed E-state index contributed by atoms with van der Waals surface area (Å²) in [7, 11) is 2.10. The van der Waals surface area contributed by atoms with Gasteiger partial charge in [-0.05, 0) is 47.6 Å². The minimum atomic E-state index is 0.714. The zero-order valence-corrected chi connectivity index (χ0v) is 11.9. The van der Waals surface area contributed by atoms with Gasteiger partial charge in [0.05, 0.1) is 6.54 Å². The van der Waals surface area contributed by atoms with Crippen LogP contribution >= 0.6 is 15.9 Å². The molecule has 1 rings (SSSR count). The molecule has 0 saturated carbocycles. The van der Waals surface area contributed by atoms with Crippen molar-refractivity contribution in [2.45, 2.75) is 20.4 Å². The Bertz CT molecular complexity index is 299. The van der Waals surface area contributed by atoms with Crippen molar-refractivity contribution in [3.8, 4) is 0 Å². The van der Waals surface area contributed by atoms with Gasteiger partial charge in [0.15, 0.2) is 4.67 Å². The number of hydrogen-bond donors (Lipinski definition) is 1. The Morgan fingerprint density at radius 3 is 2.75 bits per heavy atom. The van der Waals surface area contributed by atoms with Gasteiger partial charge in [0.25, 0.3) is 0 Å². The number of hydrogen-bond acceptors (Lipinski definition) is 3. The molecule has 0 spiro atoms. The minimum Gasteiger partial charge on any atom is -0.453 e. The number of furan rings is 1. The summed E-state index contributed by atoms with van der Waals surface area (Å²) in [5.41, 5.74) is 0. The van der Waals surface area contributed by atoms with Crippen LogP contribution in [0.5, 0.6) is 0 Å². The van der Waals surface area contributed by atoms with Gasteiger partial charge in [-0.3, -0.25) is 4.90 Å². The second-order valence-electron chi connectivity index (χ2n) is 4.54. The van der Waals surface area contributed by atoms with Gasteiger partial charge in [-0.2, -0.15) is 0 Å². The van der Waals surface area contributed by atoms with Crippen molar-refractivity contribution in [1.82, 2.24) is 10.2 Å². The molecular formula is C12H21BrN2O. The molecule has 0 aliphatic heterocycles. The summed E-state index contributed by atoms with van der Waals surface area (Å²) < 4.78 is 6.25. The van der Waals surface area contributed by atoms with E-state index in [1.54, 1.807) is 0 Å². The highest BCUT2D eigenvalue weighted by Crippen LogP contribution is 2.14. The average Bonchev–Trinajstić information content (AvgIpc) is 2.58.